The van der Waals surface area contributed by atoms with Crippen molar-refractivity contribution in [3.8, 4) is 11.3 Å². The molecule has 1 heterocycles. The molecule has 20 heavy (non-hydrogen) atoms. The molecule has 2 aromatic rings. The Morgan fingerprint density at radius 2 is 2.05 bits per heavy atom. The van der Waals surface area contributed by atoms with E-state index in [4.69, 9.17) is 16.0 Å². The van der Waals surface area contributed by atoms with Gasteiger partial charge in [-0.15, -0.1) is 0 Å². The minimum absolute atomic E-state index is 0.419. The normalized spacial score (nSPS) is 12.6. The lowest BCUT2D eigenvalue weighted by Gasteiger charge is -2.11. The van der Waals surface area contributed by atoms with Gasteiger partial charge in [0.05, 0.1) is 5.02 Å². The van der Waals surface area contributed by atoms with E-state index in [2.05, 4.69) is 25.2 Å². The molecule has 1 N–H and O–H groups in total. The lowest BCUT2D eigenvalue weighted by Crippen LogP contribution is -2.28. The Bertz CT molecular complexity index is 562. The molecule has 3 heteroatoms. The maximum absolute atomic E-state index is 6.28. The lowest BCUT2D eigenvalue weighted by molar-refractivity contribution is 0.464. The van der Waals surface area contributed by atoms with Gasteiger partial charge in [0.1, 0.15) is 11.5 Å². The van der Waals surface area contributed by atoms with Crippen LogP contribution in [0.15, 0.2) is 34.7 Å². The summed E-state index contributed by atoms with van der Waals surface area (Å²) >= 11 is 6.28. The Morgan fingerprint density at radius 3 is 2.75 bits per heavy atom. The van der Waals surface area contributed by atoms with Crippen LogP contribution in [0.3, 0.4) is 0 Å². The van der Waals surface area contributed by atoms with Gasteiger partial charge in [0, 0.05) is 18.0 Å². The van der Waals surface area contributed by atoms with Gasteiger partial charge in [-0.05, 0) is 56.6 Å². The van der Waals surface area contributed by atoms with Gasteiger partial charge >= 0.3 is 0 Å². The van der Waals surface area contributed by atoms with E-state index >= 15 is 0 Å². The smallest absolute Gasteiger partial charge is 0.135 e. The van der Waals surface area contributed by atoms with E-state index in [1.807, 2.05) is 31.2 Å². The lowest BCUT2D eigenvalue weighted by atomic mass is 10.1. The second-order valence-corrected chi connectivity index (χ2v) is 5.72. The number of benzene rings is 1. The van der Waals surface area contributed by atoms with Gasteiger partial charge in [0.15, 0.2) is 0 Å². The van der Waals surface area contributed by atoms with E-state index in [-0.39, 0.29) is 0 Å². The molecule has 2 rings (SSSR count). The number of hydrogen-bond acceptors (Lipinski definition) is 2. The van der Waals surface area contributed by atoms with Crippen LogP contribution < -0.4 is 5.32 Å². The van der Waals surface area contributed by atoms with Crippen molar-refractivity contribution in [1.29, 1.82) is 0 Å². The first kappa shape index (κ1) is 15.1. The van der Waals surface area contributed by atoms with Crippen molar-refractivity contribution in [3.05, 3.63) is 46.7 Å². The fraction of sp³-hybridized carbons (Fsp3) is 0.412. The molecule has 0 radical (unpaired) electrons. The molecule has 0 spiro atoms. The van der Waals surface area contributed by atoms with Crippen LogP contribution in [0.1, 0.15) is 31.6 Å². The predicted octanol–water partition coefficient (Wildman–Crippen LogP) is 4.84. The van der Waals surface area contributed by atoms with Crippen LogP contribution in [-0.4, -0.2) is 12.6 Å². The molecule has 1 aromatic heterocycles. The van der Waals surface area contributed by atoms with E-state index in [1.165, 1.54) is 0 Å². The molecule has 0 aliphatic heterocycles. The summed E-state index contributed by atoms with van der Waals surface area (Å²) in [5.74, 6) is 1.83. The summed E-state index contributed by atoms with van der Waals surface area (Å²) in [6.45, 7) is 7.42. The standard InChI is InChI=1S/C17H22ClNO/c1-4-9-19-13(3)11-14-6-8-17(20-14)15-7-5-12(2)10-16(15)18/h5-8,10,13,19H,4,9,11H2,1-3H3. The van der Waals surface area contributed by atoms with Crippen LogP contribution in [0.5, 0.6) is 0 Å². The maximum Gasteiger partial charge on any atom is 0.135 e. The van der Waals surface area contributed by atoms with Gasteiger partial charge in [-0.1, -0.05) is 24.6 Å². The minimum atomic E-state index is 0.419. The topological polar surface area (TPSA) is 25.2 Å². The van der Waals surface area contributed by atoms with Gasteiger partial charge in [-0.3, -0.25) is 0 Å². The summed E-state index contributed by atoms with van der Waals surface area (Å²) in [5, 5.41) is 4.20. The Morgan fingerprint density at radius 1 is 1.25 bits per heavy atom. The average Bonchev–Trinajstić information content (AvgIpc) is 2.84. The molecular weight excluding hydrogens is 270 g/mol. The highest BCUT2D eigenvalue weighted by Crippen LogP contribution is 2.30. The molecule has 0 bridgehead atoms. The van der Waals surface area contributed by atoms with Crippen molar-refractivity contribution in [2.45, 2.75) is 39.7 Å². The van der Waals surface area contributed by atoms with Crippen LogP contribution in [0.4, 0.5) is 0 Å². The van der Waals surface area contributed by atoms with Crippen molar-refractivity contribution in [2.75, 3.05) is 6.54 Å². The zero-order chi connectivity index (χ0) is 14.5. The third kappa shape index (κ3) is 3.87. The summed E-state index contributed by atoms with van der Waals surface area (Å²) in [6.07, 6.45) is 2.04. The summed E-state index contributed by atoms with van der Waals surface area (Å²) in [6, 6.07) is 10.5. The fourth-order valence-electron chi connectivity index (χ4n) is 2.22. The van der Waals surface area contributed by atoms with E-state index in [1.54, 1.807) is 0 Å². The van der Waals surface area contributed by atoms with Gasteiger partial charge < -0.3 is 9.73 Å². The quantitative estimate of drug-likeness (QED) is 0.824. The Kier molecular flexibility index (Phi) is 5.27. The third-order valence-corrected chi connectivity index (χ3v) is 3.61. The van der Waals surface area contributed by atoms with Crippen molar-refractivity contribution < 1.29 is 4.42 Å². The van der Waals surface area contributed by atoms with Crippen LogP contribution in [0.25, 0.3) is 11.3 Å². The highest BCUT2D eigenvalue weighted by atomic mass is 35.5. The Labute approximate surface area is 126 Å². The highest BCUT2D eigenvalue weighted by molar-refractivity contribution is 6.33. The molecule has 1 aromatic carbocycles. The molecule has 0 fully saturated rings. The number of halogens is 1. The highest BCUT2D eigenvalue weighted by Gasteiger charge is 2.10. The van der Waals surface area contributed by atoms with Crippen molar-refractivity contribution in [2.24, 2.45) is 0 Å². The molecule has 0 aliphatic rings. The molecule has 2 nitrogen and oxygen atoms in total. The molecule has 108 valence electrons. The SMILES string of the molecule is CCCNC(C)Cc1ccc(-c2ccc(C)cc2Cl)o1. The monoisotopic (exact) mass is 291 g/mol. The first-order valence-corrected chi connectivity index (χ1v) is 7.56. The van der Waals surface area contributed by atoms with Crippen LogP contribution in [0, 0.1) is 6.92 Å². The van der Waals surface area contributed by atoms with Gasteiger partial charge in [-0.2, -0.15) is 0 Å². The van der Waals surface area contributed by atoms with Crippen molar-refractivity contribution in [1.82, 2.24) is 5.32 Å². The average molecular weight is 292 g/mol. The third-order valence-electron chi connectivity index (χ3n) is 3.30. The second kappa shape index (κ2) is 6.96. The molecular formula is C17H22ClNO. The molecule has 0 saturated carbocycles. The number of rotatable bonds is 6. The zero-order valence-corrected chi connectivity index (χ0v) is 13.1. The second-order valence-electron chi connectivity index (χ2n) is 5.31. The van der Waals surface area contributed by atoms with E-state index in [0.29, 0.717) is 6.04 Å². The number of hydrogen-bond donors (Lipinski definition) is 1. The first-order chi connectivity index (χ1) is 9.60. The van der Waals surface area contributed by atoms with Gasteiger partial charge in [0.2, 0.25) is 0 Å². The minimum Gasteiger partial charge on any atom is -0.461 e. The number of furan rings is 1. The van der Waals surface area contributed by atoms with Gasteiger partial charge in [0.25, 0.3) is 0 Å². The van der Waals surface area contributed by atoms with E-state index in [0.717, 1.165) is 47.1 Å². The van der Waals surface area contributed by atoms with Crippen LogP contribution >= 0.6 is 11.6 Å². The summed E-state index contributed by atoms with van der Waals surface area (Å²) < 4.78 is 5.92. The first-order valence-electron chi connectivity index (χ1n) is 7.18. The Hall–Kier alpha value is -1.25. The van der Waals surface area contributed by atoms with Gasteiger partial charge in [-0.25, -0.2) is 0 Å². The van der Waals surface area contributed by atoms with E-state index < -0.39 is 0 Å². The van der Waals surface area contributed by atoms with Crippen molar-refractivity contribution in [3.63, 3.8) is 0 Å². The predicted molar refractivity (Wildman–Crippen MR) is 85.4 cm³/mol. The maximum atomic E-state index is 6.28. The summed E-state index contributed by atoms with van der Waals surface area (Å²) in [5.41, 5.74) is 2.11. The summed E-state index contributed by atoms with van der Waals surface area (Å²) in [7, 11) is 0. The van der Waals surface area contributed by atoms with Crippen LogP contribution in [-0.2, 0) is 6.42 Å². The molecule has 0 saturated heterocycles. The van der Waals surface area contributed by atoms with Crippen LogP contribution in [0.2, 0.25) is 5.02 Å². The number of nitrogens with one attached hydrogen (secondary N) is 1. The molecule has 1 atom stereocenters. The summed E-state index contributed by atoms with van der Waals surface area (Å²) in [4.78, 5) is 0. The zero-order valence-electron chi connectivity index (χ0n) is 12.4. The number of aryl methyl sites for hydroxylation is 1. The largest absolute Gasteiger partial charge is 0.461 e. The molecule has 0 amide bonds. The Balaban J connectivity index is 2.08. The fourth-order valence-corrected chi connectivity index (χ4v) is 2.55. The van der Waals surface area contributed by atoms with Crippen molar-refractivity contribution >= 4 is 11.6 Å². The molecule has 1 unspecified atom stereocenters. The van der Waals surface area contributed by atoms with E-state index in [9.17, 15) is 0 Å². The molecule has 0 aliphatic carbocycles.